The van der Waals surface area contributed by atoms with Gasteiger partial charge in [0.05, 0.1) is 16.6 Å². The van der Waals surface area contributed by atoms with Gasteiger partial charge < -0.3 is 15.3 Å². The maximum Gasteiger partial charge on any atom is 0.163 e. The molecule has 1 aliphatic heterocycles. The van der Waals surface area contributed by atoms with Crippen LogP contribution < -0.4 is 10.2 Å². The van der Waals surface area contributed by atoms with Crippen LogP contribution >= 0.6 is 0 Å². The van der Waals surface area contributed by atoms with Gasteiger partial charge in [-0.3, -0.25) is 4.68 Å². The summed E-state index contributed by atoms with van der Waals surface area (Å²) in [5.41, 5.74) is 3.78. The number of phenolic OH excluding ortho intramolecular Hbond substituents is 1. The number of piperazine rings is 1. The number of fused-ring (bicyclic) bond motifs is 2. The van der Waals surface area contributed by atoms with Crippen molar-refractivity contribution < 1.29 is 5.11 Å². The van der Waals surface area contributed by atoms with Crippen LogP contribution in [-0.2, 0) is 7.05 Å². The Balaban J connectivity index is 1.36. The van der Waals surface area contributed by atoms with Gasteiger partial charge in [-0.1, -0.05) is 0 Å². The van der Waals surface area contributed by atoms with Crippen LogP contribution in [0.1, 0.15) is 19.8 Å². The highest BCUT2D eigenvalue weighted by Crippen LogP contribution is 2.40. The van der Waals surface area contributed by atoms with E-state index in [2.05, 4.69) is 45.4 Å². The van der Waals surface area contributed by atoms with Gasteiger partial charge in [0, 0.05) is 66.6 Å². The Kier molecular flexibility index (Phi) is 3.62. The number of hydrogen-bond donors (Lipinski definition) is 2. The topological polar surface area (TPSA) is 79.1 Å². The second-order valence-corrected chi connectivity index (χ2v) is 8.87. The van der Waals surface area contributed by atoms with Crippen LogP contribution in [0.25, 0.3) is 33.2 Å². The normalized spacial score (nSPS) is 20.3. The minimum absolute atomic E-state index is 0.140. The quantitative estimate of drug-likeness (QED) is 0.538. The van der Waals surface area contributed by atoms with Gasteiger partial charge in [0.1, 0.15) is 5.75 Å². The number of aromatic hydroxyl groups is 1. The summed E-state index contributed by atoms with van der Waals surface area (Å²) >= 11 is 0. The molecule has 2 aromatic heterocycles. The lowest BCUT2D eigenvalue weighted by molar-refractivity contribution is 0.372. The smallest absolute Gasteiger partial charge is 0.163 e. The summed E-state index contributed by atoms with van der Waals surface area (Å²) in [5.74, 6) is 0.660. The summed E-state index contributed by atoms with van der Waals surface area (Å²) in [6.45, 7) is 4.32. The molecule has 2 fully saturated rings. The first kappa shape index (κ1) is 17.7. The van der Waals surface area contributed by atoms with Crippen molar-refractivity contribution in [3.8, 4) is 17.1 Å². The minimum Gasteiger partial charge on any atom is -0.507 e. The number of phenols is 1. The van der Waals surface area contributed by atoms with Crippen LogP contribution in [0.2, 0.25) is 0 Å². The fourth-order valence-electron chi connectivity index (χ4n) is 4.73. The molecule has 7 nitrogen and oxygen atoms in total. The van der Waals surface area contributed by atoms with Crippen LogP contribution in [-0.4, -0.2) is 49.5 Å². The summed E-state index contributed by atoms with van der Waals surface area (Å²) in [6.07, 6.45) is 6.30. The predicted molar refractivity (Wildman–Crippen MR) is 118 cm³/mol. The summed E-state index contributed by atoms with van der Waals surface area (Å²) in [7, 11) is 1.87. The highest BCUT2D eigenvalue weighted by atomic mass is 16.3. The van der Waals surface area contributed by atoms with E-state index in [1.165, 1.54) is 18.5 Å². The van der Waals surface area contributed by atoms with E-state index in [0.29, 0.717) is 23.0 Å². The lowest BCUT2D eigenvalue weighted by Gasteiger charge is -2.39. The molecule has 3 heterocycles. The number of anilines is 1. The molecule has 0 bridgehead atoms. The molecule has 7 heteroatoms. The van der Waals surface area contributed by atoms with Crippen molar-refractivity contribution in [3.05, 3.63) is 42.7 Å². The highest BCUT2D eigenvalue weighted by molar-refractivity contribution is 5.88. The van der Waals surface area contributed by atoms with E-state index in [4.69, 9.17) is 4.98 Å². The molecular weight excluding hydrogens is 376 g/mol. The van der Waals surface area contributed by atoms with Gasteiger partial charge >= 0.3 is 0 Å². The molecule has 1 saturated heterocycles. The molecule has 1 spiro atoms. The maximum absolute atomic E-state index is 10.5. The molecule has 152 valence electrons. The van der Waals surface area contributed by atoms with Crippen LogP contribution in [0, 0.1) is 0 Å². The summed E-state index contributed by atoms with van der Waals surface area (Å²) < 4.78 is 1.74. The molecule has 1 aliphatic carbocycles. The zero-order chi connectivity index (χ0) is 20.5. The molecule has 0 amide bonds. The third-order valence-electron chi connectivity index (χ3n) is 6.30. The van der Waals surface area contributed by atoms with Gasteiger partial charge in [0.25, 0.3) is 0 Å². The molecule has 6 rings (SSSR count). The molecule has 0 unspecified atom stereocenters. The van der Waals surface area contributed by atoms with Crippen LogP contribution in [0.4, 0.5) is 5.69 Å². The number of nitrogens with zero attached hydrogens (tertiary/aromatic N) is 5. The van der Waals surface area contributed by atoms with Gasteiger partial charge in [0.15, 0.2) is 5.82 Å². The van der Waals surface area contributed by atoms with E-state index >= 15 is 0 Å². The first-order valence-corrected chi connectivity index (χ1v) is 10.4. The molecule has 1 atom stereocenters. The molecule has 2 aromatic carbocycles. The minimum atomic E-state index is 0.140. The summed E-state index contributed by atoms with van der Waals surface area (Å²) in [5, 5.41) is 20.5. The number of aryl methyl sites for hydroxylation is 1. The van der Waals surface area contributed by atoms with Gasteiger partial charge in [-0.15, -0.1) is 0 Å². The van der Waals surface area contributed by atoms with Gasteiger partial charge in [0.2, 0.25) is 0 Å². The standard InChI is InChI=1S/C23H24N6O/c1-14-11-29(13-23(26-14)5-6-23)17-3-4-19-15(7-17)10-24-22(25-19)18-8-16-12-28(2)27-20(16)9-21(18)30/h3-4,7-10,12,14,26,30H,5-6,11,13H2,1-2H3/t14-/m0/s1. The Bertz CT molecular complexity index is 1290. The highest BCUT2D eigenvalue weighted by Gasteiger charge is 2.47. The molecule has 2 aliphatic rings. The Morgan fingerprint density at radius 2 is 2.00 bits per heavy atom. The Morgan fingerprint density at radius 1 is 1.13 bits per heavy atom. The van der Waals surface area contributed by atoms with Gasteiger partial charge in [-0.25, -0.2) is 9.97 Å². The average molecular weight is 400 g/mol. The third-order valence-corrected chi connectivity index (χ3v) is 6.30. The summed E-state index contributed by atoms with van der Waals surface area (Å²) in [4.78, 5) is 11.8. The first-order chi connectivity index (χ1) is 14.5. The molecular formula is C23H24N6O. The maximum atomic E-state index is 10.5. The number of hydrogen-bond acceptors (Lipinski definition) is 6. The number of nitrogens with one attached hydrogen (secondary N) is 1. The van der Waals surface area contributed by atoms with Crippen LogP contribution in [0.15, 0.2) is 42.7 Å². The van der Waals surface area contributed by atoms with E-state index < -0.39 is 0 Å². The molecule has 4 aromatic rings. The van der Waals surface area contributed by atoms with E-state index in [1.54, 1.807) is 10.7 Å². The lowest BCUT2D eigenvalue weighted by Crippen LogP contribution is -2.57. The Labute approximate surface area is 174 Å². The fourth-order valence-corrected chi connectivity index (χ4v) is 4.73. The first-order valence-electron chi connectivity index (χ1n) is 10.4. The molecule has 2 N–H and O–H groups in total. The van der Waals surface area contributed by atoms with Crippen molar-refractivity contribution in [3.63, 3.8) is 0 Å². The fraction of sp³-hybridized carbons (Fsp3) is 0.348. The third kappa shape index (κ3) is 2.89. The van der Waals surface area contributed by atoms with Crippen molar-refractivity contribution in [1.82, 2.24) is 25.1 Å². The average Bonchev–Trinajstić information content (AvgIpc) is 3.35. The SMILES string of the molecule is C[C@H]1CN(c2ccc3nc(-c4cc5cn(C)nc5cc4O)ncc3c2)CC2(CC2)N1. The zero-order valence-corrected chi connectivity index (χ0v) is 17.1. The van der Waals surface area contributed by atoms with Crippen LogP contribution in [0.5, 0.6) is 5.75 Å². The monoisotopic (exact) mass is 400 g/mol. The molecule has 30 heavy (non-hydrogen) atoms. The second-order valence-electron chi connectivity index (χ2n) is 8.87. The van der Waals surface area contributed by atoms with Gasteiger partial charge in [-0.05, 0) is 44.0 Å². The van der Waals surface area contributed by atoms with Gasteiger partial charge in [-0.2, -0.15) is 5.10 Å². The van der Waals surface area contributed by atoms with Crippen molar-refractivity contribution in [2.75, 3.05) is 18.0 Å². The summed E-state index contributed by atoms with van der Waals surface area (Å²) in [6, 6.07) is 10.4. The Hall–Kier alpha value is -3.19. The van der Waals surface area contributed by atoms with E-state index in [9.17, 15) is 5.11 Å². The number of aromatic nitrogens is 4. The van der Waals surface area contributed by atoms with Crippen LogP contribution in [0.3, 0.4) is 0 Å². The van der Waals surface area contributed by atoms with Crippen molar-refractivity contribution >= 4 is 27.5 Å². The molecule has 1 saturated carbocycles. The second kappa shape index (κ2) is 6.15. The largest absolute Gasteiger partial charge is 0.507 e. The van der Waals surface area contributed by atoms with Crippen molar-refractivity contribution in [1.29, 1.82) is 0 Å². The molecule has 0 radical (unpaired) electrons. The lowest BCUT2D eigenvalue weighted by atomic mass is 10.1. The van der Waals surface area contributed by atoms with Crippen molar-refractivity contribution in [2.45, 2.75) is 31.3 Å². The van der Waals surface area contributed by atoms with E-state index in [-0.39, 0.29) is 5.75 Å². The van der Waals surface area contributed by atoms with E-state index in [0.717, 1.165) is 34.9 Å². The zero-order valence-electron chi connectivity index (χ0n) is 17.1. The number of rotatable bonds is 2. The van der Waals surface area contributed by atoms with Crippen molar-refractivity contribution in [2.24, 2.45) is 7.05 Å². The predicted octanol–water partition coefficient (Wildman–Crippen LogP) is 3.22. The number of benzene rings is 2. The van der Waals surface area contributed by atoms with E-state index in [1.807, 2.05) is 25.5 Å². The Morgan fingerprint density at radius 3 is 2.83 bits per heavy atom.